The number of carbonyl (C=O) groups is 1. The van der Waals surface area contributed by atoms with Crippen LogP contribution in [0.2, 0.25) is 0 Å². The van der Waals surface area contributed by atoms with Crippen molar-refractivity contribution in [3.8, 4) is 11.4 Å². The van der Waals surface area contributed by atoms with Gasteiger partial charge in [-0.25, -0.2) is 5.43 Å². The van der Waals surface area contributed by atoms with Gasteiger partial charge in [0.15, 0.2) is 11.0 Å². The van der Waals surface area contributed by atoms with Crippen LogP contribution in [-0.4, -0.2) is 32.6 Å². The molecule has 0 radical (unpaired) electrons. The average Bonchev–Trinajstić information content (AvgIpc) is 3.16. The number of amides is 1. The van der Waals surface area contributed by atoms with E-state index in [0.29, 0.717) is 5.16 Å². The van der Waals surface area contributed by atoms with E-state index in [2.05, 4.69) is 39.8 Å². The van der Waals surface area contributed by atoms with Gasteiger partial charge in [0.25, 0.3) is 5.91 Å². The highest BCUT2D eigenvalue weighted by Crippen LogP contribution is 2.24. The predicted octanol–water partition coefficient (Wildman–Crippen LogP) is 4.57. The molecule has 1 amide bonds. The zero-order valence-corrected chi connectivity index (χ0v) is 18.2. The van der Waals surface area contributed by atoms with Crippen molar-refractivity contribution in [2.75, 3.05) is 5.75 Å². The molecular weight excluding hydrogens is 394 g/mol. The van der Waals surface area contributed by atoms with E-state index in [-0.39, 0.29) is 11.7 Å². The third kappa shape index (κ3) is 5.90. The Morgan fingerprint density at radius 2 is 1.87 bits per heavy atom. The summed E-state index contributed by atoms with van der Waals surface area (Å²) in [4.78, 5) is 12.1. The fourth-order valence-electron chi connectivity index (χ4n) is 2.81. The number of rotatable bonds is 8. The first kappa shape index (κ1) is 21.5. The Kier molecular flexibility index (Phi) is 7.57. The van der Waals surface area contributed by atoms with Crippen molar-refractivity contribution >= 4 is 30.0 Å². The van der Waals surface area contributed by atoms with Gasteiger partial charge in [0.1, 0.15) is 0 Å². The van der Waals surface area contributed by atoms with Crippen LogP contribution in [0.1, 0.15) is 25.0 Å². The van der Waals surface area contributed by atoms with E-state index < -0.39 is 0 Å². The molecule has 7 heteroatoms. The molecule has 1 N–H and O–H groups in total. The lowest BCUT2D eigenvalue weighted by Crippen LogP contribution is -2.20. The number of hydrogen-bond acceptors (Lipinski definition) is 5. The molecule has 0 aliphatic rings. The molecule has 0 atom stereocenters. The van der Waals surface area contributed by atoms with Crippen LogP contribution >= 0.6 is 11.8 Å². The van der Waals surface area contributed by atoms with Gasteiger partial charge < -0.3 is 4.57 Å². The van der Waals surface area contributed by atoms with Crippen LogP contribution < -0.4 is 5.43 Å². The number of nitrogens with one attached hydrogen (secondary N) is 1. The zero-order chi connectivity index (χ0) is 21.3. The van der Waals surface area contributed by atoms with E-state index in [0.717, 1.165) is 29.1 Å². The lowest BCUT2D eigenvalue weighted by Gasteiger charge is -2.07. The predicted molar refractivity (Wildman–Crippen MR) is 123 cm³/mol. The maximum Gasteiger partial charge on any atom is 0.250 e. The Balaban J connectivity index is 1.56. The number of benzene rings is 2. The summed E-state index contributed by atoms with van der Waals surface area (Å²) >= 11 is 1.35. The van der Waals surface area contributed by atoms with E-state index in [1.165, 1.54) is 17.3 Å². The quantitative estimate of drug-likeness (QED) is 0.330. The molecule has 0 saturated heterocycles. The SMILES string of the molecule is CCn1c(SCC(=O)N/N=C\C(C)=C\c2ccccc2)nnc1-c1ccc(C)cc1. The third-order valence-electron chi connectivity index (χ3n) is 4.33. The van der Waals surface area contributed by atoms with Gasteiger partial charge in [0.2, 0.25) is 0 Å². The molecular formula is C23H25N5OS. The standard InChI is InChI=1S/C23H25N5OS/c1-4-28-22(20-12-10-17(2)11-13-20)26-27-23(28)30-16-21(29)25-24-15-18(3)14-19-8-6-5-7-9-19/h5-15H,4,16H2,1-3H3,(H,25,29)/b18-14+,24-15-. The summed E-state index contributed by atoms with van der Waals surface area (Å²) in [6.45, 7) is 6.75. The second-order valence-corrected chi connectivity index (χ2v) is 7.74. The summed E-state index contributed by atoms with van der Waals surface area (Å²) in [6.07, 6.45) is 3.64. The summed E-state index contributed by atoms with van der Waals surface area (Å²) < 4.78 is 2.01. The van der Waals surface area contributed by atoms with Gasteiger partial charge in [-0.3, -0.25) is 4.79 Å². The van der Waals surface area contributed by atoms with Crippen LogP contribution in [-0.2, 0) is 11.3 Å². The van der Waals surface area contributed by atoms with Gasteiger partial charge in [-0.2, -0.15) is 5.10 Å². The molecule has 0 fully saturated rings. The number of thioether (sulfide) groups is 1. The van der Waals surface area contributed by atoms with Gasteiger partial charge in [-0.15, -0.1) is 10.2 Å². The Bertz CT molecular complexity index is 1040. The Hall–Kier alpha value is -3.19. The Morgan fingerprint density at radius 3 is 2.57 bits per heavy atom. The summed E-state index contributed by atoms with van der Waals surface area (Å²) in [5.74, 6) is 0.830. The minimum absolute atomic E-state index is 0.189. The molecule has 3 aromatic rings. The van der Waals surface area contributed by atoms with Gasteiger partial charge >= 0.3 is 0 Å². The van der Waals surface area contributed by atoms with Gasteiger partial charge in [-0.1, -0.05) is 78.0 Å². The topological polar surface area (TPSA) is 72.2 Å². The van der Waals surface area contributed by atoms with E-state index in [1.54, 1.807) is 6.21 Å². The van der Waals surface area contributed by atoms with Crippen molar-refractivity contribution in [2.45, 2.75) is 32.5 Å². The number of hydrazone groups is 1. The molecule has 0 aliphatic heterocycles. The fraction of sp³-hybridized carbons (Fsp3) is 0.217. The summed E-state index contributed by atoms with van der Waals surface area (Å²) in [5.41, 5.74) is 6.81. The van der Waals surface area contributed by atoms with Crippen molar-refractivity contribution in [2.24, 2.45) is 5.10 Å². The third-order valence-corrected chi connectivity index (χ3v) is 5.29. The molecule has 0 bridgehead atoms. The van der Waals surface area contributed by atoms with Crippen molar-refractivity contribution in [3.05, 3.63) is 71.3 Å². The number of nitrogens with zero attached hydrogens (tertiary/aromatic N) is 4. The average molecular weight is 420 g/mol. The molecule has 0 aliphatic carbocycles. The first-order valence-electron chi connectivity index (χ1n) is 9.75. The summed E-state index contributed by atoms with van der Waals surface area (Å²) in [6, 6.07) is 18.1. The lowest BCUT2D eigenvalue weighted by atomic mass is 10.1. The van der Waals surface area contributed by atoms with Crippen molar-refractivity contribution in [3.63, 3.8) is 0 Å². The normalized spacial score (nSPS) is 11.8. The van der Waals surface area contributed by atoms with E-state index in [1.807, 2.05) is 67.0 Å². The van der Waals surface area contributed by atoms with Crippen LogP contribution in [0.5, 0.6) is 0 Å². The fourth-order valence-corrected chi connectivity index (χ4v) is 3.61. The molecule has 1 heterocycles. The maximum absolute atomic E-state index is 12.1. The number of hydrogen-bond donors (Lipinski definition) is 1. The number of carbonyl (C=O) groups excluding carboxylic acids is 1. The van der Waals surface area contributed by atoms with Crippen molar-refractivity contribution in [1.29, 1.82) is 0 Å². The van der Waals surface area contributed by atoms with Gasteiger partial charge in [0, 0.05) is 12.1 Å². The molecule has 0 saturated carbocycles. The summed E-state index contributed by atoms with van der Waals surface area (Å²) in [5, 5.41) is 13.3. The van der Waals surface area contributed by atoms with Crippen molar-refractivity contribution < 1.29 is 4.79 Å². The highest BCUT2D eigenvalue weighted by molar-refractivity contribution is 7.99. The maximum atomic E-state index is 12.1. The molecule has 1 aromatic heterocycles. The van der Waals surface area contributed by atoms with Crippen LogP contribution in [0.15, 0.2) is 70.4 Å². The summed E-state index contributed by atoms with van der Waals surface area (Å²) in [7, 11) is 0. The molecule has 30 heavy (non-hydrogen) atoms. The molecule has 2 aromatic carbocycles. The Labute approximate surface area is 181 Å². The minimum atomic E-state index is -0.189. The second-order valence-electron chi connectivity index (χ2n) is 6.80. The largest absolute Gasteiger partial charge is 0.302 e. The highest BCUT2D eigenvalue weighted by atomic mass is 32.2. The Morgan fingerprint density at radius 1 is 1.13 bits per heavy atom. The van der Waals surface area contributed by atoms with Crippen LogP contribution in [0.4, 0.5) is 0 Å². The molecule has 6 nitrogen and oxygen atoms in total. The van der Waals surface area contributed by atoms with E-state index in [9.17, 15) is 4.79 Å². The van der Waals surface area contributed by atoms with Crippen molar-refractivity contribution in [1.82, 2.24) is 20.2 Å². The van der Waals surface area contributed by atoms with Crippen LogP contribution in [0.25, 0.3) is 17.5 Å². The van der Waals surface area contributed by atoms with Gasteiger partial charge in [-0.05, 0) is 31.9 Å². The molecule has 154 valence electrons. The monoisotopic (exact) mass is 419 g/mol. The molecule has 3 rings (SSSR count). The lowest BCUT2D eigenvalue weighted by molar-refractivity contribution is -0.118. The second kappa shape index (κ2) is 10.5. The minimum Gasteiger partial charge on any atom is -0.302 e. The zero-order valence-electron chi connectivity index (χ0n) is 17.4. The first-order valence-corrected chi connectivity index (χ1v) is 10.7. The number of aryl methyl sites for hydroxylation is 1. The van der Waals surface area contributed by atoms with E-state index >= 15 is 0 Å². The van der Waals surface area contributed by atoms with Crippen LogP contribution in [0, 0.1) is 6.92 Å². The van der Waals surface area contributed by atoms with E-state index in [4.69, 9.17) is 0 Å². The van der Waals surface area contributed by atoms with Crippen LogP contribution in [0.3, 0.4) is 0 Å². The highest BCUT2D eigenvalue weighted by Gasteiger charge is 2.14. The smallest absolute Gasteiger partial charge is 0.250 e. The first-order chi connectivity index (χ1) is 14.6. The number of aromatic nitrogens is 3. The van der Waals surface area contributed by atoms with Gasteiger partial charge in [0.05, 0.1) is 12.0 Å². The molecule has 0 spiro atoms. The number of allylic oxidation sites excluding steroid dienone is 1. The molecule has 0 unspecified atom stereocenters.